The van der Waals surface area contributed by atoms with E-state index in [0.29, 0.717) is 0 Å². The molecule has 1 aromatic rings. The molecule has 2 aliphatic carbocycles. The number of benzene rings is 1. The summed E-state index contributed by atoms with van der Waals surface area (Å²) < 4.78 is 14.2. The van der Waals surface area contributed by atoms with Crippen LogP contribution in [0.1, 0.15) is 31.2 Å². The van der Waals surface area contributed by atoms with E-state index in [2.05, 4.69) is 27.9 Å². The lowest BCUT2D eigenvalue weighted by molar-refractivity contribution is 0.214. The molecule has 2 bridgehead atoms. The van der Waals surface area contributed by atoms with Gasteiger partial charge in [0.2, 0.25) is 0 Å². The van der Waals surface area contributed by atoms with Gasteiger partial charge in [-0.25, -0.2) is 4.39 Å². The van der Waals surface area contributed by atoms with Crippen molar-refractivity contribution in [2.45, 2.75) is 32.2 Å². The molecule has 104 valence electrons. The van der Waals surface area contributed by atoms with Gasteiger partial charge < -0.3 is 4.90 Å². The van der Waals surface area contributed by atoms with Crippen LogP contribution in [0.4, 0.5) is 4.39 Å². The Kier molecular flexibility index (Phi) is 3.95. The second-order valence-corrected chi connectivity index (χ2v) is 7.33. The molecule has 1 aromatic carbocycles. The average Bonchev–Trinajstić information content (AvgIpc) is 2.88. The minimum Gasteiger partial charge on any atom is -0.302 e. The maximum Gasteiger partial charge on any atom is 0.124 e. The largest absolute Gasteiger partial charge is 0.302 e. The Morgan fingerprint density at radius 2 is 2.11 bits per heavy atom. The number of rotatable bonds is 4. The molecule has 3 atom stereocenters. The van der Waals surface area contributed by atoms with Crippen LogP contribution in [0.15, 0.2) is 22.7 Å². The van der Waals surface area contributed by atoms with Gasteiger partial charge in [-0.3, -0.25) is 0 Å². The first-order valence-electron chi connectivity index (χ1n) is 7.23. The lowest BCUT2D eigenvalue weighted by Gasteiger charge is -2.27. The fourth-order valence-electron chi connectivity index (χ4n) is 4.08. The summed E-state index contributed by atoms with van der Waals surface area (Å²) in [6.07, 6.45) is 5.78. The van der Waals surface area contributed by atoms with Crippen molar-refractivity contribution in [1.82, 2.24) is 4.90 Å². The molecule has 0 aliphatic heterocycles. The van der Waals surface area contributed by atoms with Crippen LogP contribution >= 0.6 is 15.9 Å². The summed E-state index contributed by atoms with van der Waals surface area (Å²) in [4.78, 5) is 2.35. The molecule has 0 amide bonds. The first kappa shape index (κ1) is 13.6. The van der Waals surface area contributed by atoms with Gasteiger partial charge in [-0.1, -0.05) is 22.4 Å². The van der Waals surface area contributed by atoms with E-state index in [1.54, 1.807) is 6.07 Å². The molecule has 1 nitrogen and oxygen atoms in total. The molecule has 0 radical (unpaired) electrons. The summed E-state index contributed by atoms with van der Waals surface area (Å²) in [5, 5.41) is 0. The van der Waals surface area contributed by atoms with Gasteiger partial charge in [0.1, 0.15) is 5.82 Å². The third-order valence-electron chi connectivity index (χ3n) is 4.81. The molecule has 0 spiro atoms. The summed E-state index contributed by atoms with van der Waals surface area (Å²) in [6, 6.07) is 5.17. The number of nitrogens with zero attached hydrogens (tertiary/aromatic N) is 1. The minimum absolute atomic E-state index is 0.155. The van der Waals surface area contributed by atoms with Gasteiger partial charge in [0.25, 0.3) is 0 Å². The van der Waals surface area contributed by atoms with Crippen LogP contribution in [-0.4, -0.2) is 18.5 Å². The van der Waals surface area contributed by atoms with Gasteiger partial charge in [0.05, 0.1) is 0 Å². The lowest BCUT2D eigenvalue weighted by Crippen LogP contribution is -2.28. The van der Waals surface area contributed by atoms with Crippen molar-refractivity contribution in [3.05, 3.63) is 34.1 Å². The van der Waals surface area contributed by atoms with Crippen molar-refractivity contribution in [3.8, 4) is 0 Å². The monoisotopic (exact) mass is 325 g/mol. The van der Waals surface area contributed by atoms with E-state index in [-0.39, 0.29) is 5.82 Å². The van der Waals surface area contributed by atoms with Gasteiger partial charge in [0, 0.05) is 17.6 Å². The topological polar surface area (TPSA) is 3.24 Å². The average molecular weight is 326 g/mol. The Balaban J connectivity index is 1.57. The Morgan fingerprint density at radius 3 is 2.74 bits per heavy atom. The van der Waals surface area contributed by atoms with Crippen molar-refractivity contribution in [2.75, 3.05) is 13.6 Å². The molecule has 0 saturated heterocycles. The van der Waals surface area contributed by atoms with Gasteiger partial charge in [-0.2, -0.15) is 0 Å². The fraction of sp³-hybridized carbons (Fsp3) is 0.625. The first-order valence-corrected chi connectivity index (χ1v) is 8.03. The van der Waals surface area contributed by atoms with Crippen LogP contribution in [0.2, 0.25) is 0 Å². The number of halogens is 2. The molecule has 0 N–H and O–H groups in total. The number of hydrogen-bond donors (Lipinski definition) is 0. The van der Waals surface area contributed by atoms with Gasteiger partial charge in [-0.15, -0.1) is 0 Å². The van der Waals surface area contributed by atoms with Crippen molar-refractivity contribution in [1.29, 1.82) is 0 Å². The van der Waals surface area contributed by atoms with Gasteiger partial charge >= 0.3 is 0 Å². The molecule has 0 aromatic heterocycles. The van der Waals surface area contributed by atoms with Crippen LogP contribution in [-0.2, 0) is 6.54 Å². The molecule has 3 unspecified atom stereocenters. The smallest absolute Gasteiger partial charge is 0.124 e. The third-order valence-corrected chi connectivity index (χ3v) is 5.26. The summed E-state index contributed by atoms with van der Waals surface area (Å²) in [7, 11) is 2.16. The highest BCUT2D eigenvalue weighted by molar-refractivity contribution is 9.10. The van der Waals surface area contributed by atoms with Crippen LogP contribution in [0, 0.1) is 23.6 Å². The highest BCUT2D eigenvalue weighted by Crippen LogP contribution is 2.48. The van der Waals surface area contributed by atoms with E-state index in [9.17, 15) is 4.39 Å². The normalized spacial score (nSPS) is 29.4. The quantitative estimate of drug-likeness (QED) is 0.790. The predicted octanol–water partition coefficient (Wildman–Crippen LogP) is 4.46. The second kappa shape index (κ2) is 5.53. The Labute approximate surface area is 123 Å². The molecule has 2 saturated carbocycles. The lowest BCUT2D eigenvalue weighted by atomic mass is 9.88. The van der Waals surface area contributed by atoms with Crippen molar-refractivity contribution < 1.29 is 4.39 Å². The molecule has 3 heteroatoms. The minimum atomic E-state index is -0.155. The predicted molar refractivity (Wildman–Crippen MR) is 79.4 cm³/mol. The maximum atomic E-state index is 13.4. The third kappa shape index (κ3) is 3.19. The fourth-order valence-corrected chi connectivity index (χ4v) is 4.59. The Bertz CT molecular complexity index is 442. The van der Waals surface area contributed by atoms with Crippen molar-refractivity contribution >= 4 is 15.9 Å². The standard InChI is InChI=1S/C16H21BrFN/c1-19(9-12-6-15(17)8-16(18)7-12)10-14-5-11-2-3-13(14)4-11/h6-8,11,13-14H,2-5,9-10H2,1H3. The SMILES string of the molecule is CN(Cc1cc(F)cc(Br)c1)CC1CC2CCC1C2. The van der Waals surface area contributed by atoms with Crippen molar-refractivity contribution in [3.63, 3.8) is 0 Å². The number of fused-ring (bicyclic) bond motifs is 2. The molecular weight excluding hydrogens is 305 g/mol. The van der Waals surface area contributed by atoms with E-state index >= 15 is 0 Å². The number of hydrogen-bond acceptors (Lipinski definition) is 1. The highest BCUT2D eigenvalue weighted by Gasteiger charge is 2.39. The molecule has 0 heterocycles. The maximum absolute atomic E-state index is 13.4. The van der Waals surface area contributed by atoms with E-state index in [1.807, 2.05) is 6.07 Å². The molecule has 3 rings (SSSR count). The Morgan fingerprint density at radius 1 is 1.26 bits per heavy atom. The zero-order chi connectivity index (χ0) is 13.4. The van der Waals surface area contributed by atoms with Crippen LogP contribution in [0.3, 0.4) is 0 Å². The van der Waals surface area contributed by atoms with E-state index < -0.39 is 0 Å². The molecule has 2 aliphatic rings. The zero-order valence-corrected chi connectivity index (χ0v) is 13.0. The molecule has 2 fully saturated rings. The van der Waals surface area contributed by atoms with Gasteiger partial charge in [0.15, 0.2) is 0 Å². The summed E-state index contributed by atoms with van der Waals surface area (Å²) in [5.74, 6) is 2.69. The summed E-state index contributed by atoms with van der Waals surface area (Å²) in [6.45, 7) is 2.00. The highest BCUT2D eigenvalue weighted by atomic mass is 79.9. The molecule has 19 heavy (non-hydrogen) atoms. The van der Waals surface area contributed by atoms with E-state index in [1.165, 1.54) is 31.7 Å². The molecular formula is C16H21BrFN. The summed E-state index contributed by atoms with van der Waals surface area (Å²) >= 11 is 3.36. The Hall–Kier alpha value is -0.410. The van der Waals surface area contributed by atoms with Crippen LogP contribution < -0.4 is 0 Å². The van der Waals surface area contributed by atoms with Crippen LogP contribution in [0.25, 0.3) is 0 Å². The van der Waals surface area contributed by atoms with E-state index in [4.69, 9.17) is 0 Å². The second-order valence-electron chi connectivity index (χ2n) is 6.41. The van der Waals surface area contributed by atoms with Crippen LogP contribution in [0.5, 0.6) is 0 Å². The van der Waals surface area contributed by atoms with Gasteiger partial charge in [-0.05, 0) is 67.8 Å². The summed E-state index contributed by atoms with van der Waals surface area (Å²) in [5.41, 5.74) is 1.05. The first-order chi connectivity index (χ1) is 9.10. The van der Waals surface area contributed by atoms with E-state index in [0.717, 1.165) is 40.9 Å². The zero-order valence-electron chi connectivity index (χ0n) is 11.4. The van der Waals surface area contributed by atoms with Crippen molar-refractivity contribution in [2.24, 2.45) is 17.8 Å².